The van der Waals surface area contributed by atoms with Crippen molar-refractivity contribution in [1.29, 1.82) is 0 Å². The monoisotopic (exact) mass is 459 g/mol. The van der Waals surface area contributed by atoms with Gasteiger partial charge in [-0.2, -0.15) is 0 Å². The van der Waals surface area contributed by atoms with Gasteiger partial charge in [0.25, 0.3) is 5.91 Å². The van der Waals surface area contributed by atoms with Gasteiger partial charge in [0.1, 0.15) is 5.69 Å². The number of hydrazine groups is 1. The molecule has 3 N–H and O–H groups in total. The van der Waals surface area contributed by atoms with E-state index in [9.17, 15) is 14.7 Å². The summed E-state index contributed by atoms with van der Waals surface area (Å²) in [6, 6.07) is 3.48. The van der Waals surface area contributed by atoms with Crippen LogP contribution >= 0.6 is 23.2 Å². The van der Waals surface area contributed by atoms with Gasteiger partial charge in [0.05, 0.1) is 11.1 Å². The molecule has 31 heavy (non-hydrogen) atoms. The van der Waals surface area contributed by atoms with Gasteiger partial charge in [-0.3, -0.25) is 9.80 Å². The highest BCUT2D eigenvalue weighted by Crippen LogP contribution is 2.55. The number of rotatable bonds is 3. The summed E-state index contributed by atoms with van der Waals surface area (Å²) in [6.07, 6.45) is 7.95. The van der Waals surface area contributed by atoms with Crippen LogP contribution < -0.4 is 5.43 Å². The minimum absolute atomic E-state index is 0.00698. The van der Waals surface area contributed by atoms with Gasteiger partial charge in [-0.25, -0.2) is 10.2 Å². The lowest BCUT2D eigenvalue weighted by molar-refractivity contribution is -0.140. The number of halogens is 2. The molecule has 1 aromatic carbocycles. The van der Waals surface area contributed by atoms with Crippen molar-refractivity contribution in [2.45, 2.75) is 38.1 Å². The highest BCUT2D eigenvalue weighted by Gasteiger charge is 2.52. The third kappa shape index (κ3) is 3.03. The molecule has 4 aliphatic carbocycles. The molecule has 4 saturated carbocycles. The Morgan fingerprint density at radius 3 is 2.42 bits per heavy atom. The molecule has 0 atom stereocenters. The van der Waals surface area contributed by atoms with Gasteiger partial charge in [0.15, 0.2) is 0 Å². The number of amides is 1. The molecule has 162 valence electrons. The third-order valence-electron chi connectivity index (χ3n) is 7.79. The van der Waals surface area contributed by atoms with Crippen molar-refractivity contribution in [2.75, 3.05) is 6.54 Å². The average molecular weight is 460 g/mol. The van der Waals surface area contributed by atoms with Gasteiger partial charge >= 0.3 is 5.97 Å². The highest BCUT2D eigenvalue weighted by molar-refractivity contribution is 6.39. The fourth-order valence-corrected chi connectivity index (χ4v) is 7.50. The molecule has 0 spiro atoms. The van der Waals surface area contributed by atoms with E-state index in [0.717, 1.165) is 11.8 Å². The Bertz CT molecular complexity index is 1130. The number of nitrogens with zero attached hydrogens (tertiary/aromatic N) is 1. The van der Waals surface area contributed by atoms with E-state index in [2.05, 4.69) is 10.4 Å². The number of aromatic nitrogens is 1. The minimum atomic E-state index is -1.11. The van der Waals surface area contributed by atoms with Crippen LogP contribution in [0.5, 0.6) is 0 Å². The molecular weight excluding hydrogens is 437 g/mol. The molecule has 0 unspecified atom stereocenters. The highest BCUT2D eigenvalue weighted by atomic mass is 35.5. The van der Waals surface area contributed by atoms with Crippen LogP contribution in [0.25, 0.3) is 17.0 Å². The fourth-order valence-electron chi connectivity index (χ4n) is 6.90. The second-order valence-corrected chi connectivity index (χ2v) is 10.5. The van der Waals surface area contributed by atoms with Crippen LogP contribution in [0.1, 0.15) is 48.2 Å². The van der Waals surface area contributed by atoms with Crippen LogP contribution in [0.4, 0.5) is 0 Å². The number of fused-ring (bicyclic) bond motifs is 1. The van der Waals surface area contributed by atoms with Gasteiger partial charge < -0.3 is 10.1 Å². The first-order valence-corrected chi connectivity index (χ1v) is 11.7. The van der Waals surface area contributed by atoms with Crippen LogP contribution in [-0.4, -0.2) is 39.6 Å². The van der Waals surface area contributed by atoms with Crippen LogP contribution in [0.3, 0.4) is 0 Å². The normalized spacial score (nSPS) is 33.2. The predicted octanol–water partition coefficient (Wildman–Crippen LogP) is 4.73. The number of benzene rings is 1. The SMILES string of the molecule is O=C(O)c1[nH]c2cc(Cl)cc(Cl)c2c1/C=C1\CNN(C2C3CC4CC(C3)CC2C4)C1=O. The summed E-state index contributed by atoms with van der Waals surface area (Å²) >= 11 is 12.5. The van der Waals surface area contributed by atoms with Crippen LogP contribution in [0, 0.1) is 23.7 Å². The number of nitrogens with one attached hydrogen (secondary N) is 2. The summed E-state index contributed by atoms with van der Waals surface area (Å²) in [6.45, 7) is 0.387. The van der Waals surface area contributed by atoms with Crippen molar-refractivity contribution in [3.8, 4) is 0 Å². The molecule has 4 bridgehead atoms. The standard InChI is InChI=1S/C23H23Cl2N3O3/c24-15-7-17(25)19-16(20(23(30)31)27-18(19)8-15)6-14-9-26-28(22(14)29)21-12-2-10-1-11(4-12)5-13(21)3-10/h6-8,10-13,21,26-27H,1-5,9H2,(H,30,31)/b14-6+. The van der Waals surface area contributed by atoms with E-state index in [1.54, 1.807) is 18.2 Å². The Balaban J connectivity index is 1.37. The lowest BCUT2D eigenvalue weighted by atomic mass is 9.54. The van der Waals surface area contributed by atoms with Gasteiger partial charge in [0, 0.05) is 33.6 Å². The smallest absolute Gasteiger partial charge is 0.352 e. The number of carbonyl (C=O) groups excluding carboxylic acids is 1. The van der Waals surface area contributed by atoms with Gasteiger partial charge in [0.2, 0.25) is 0 Å². The fraction of sp³-hybridized carbons (Fsp3) is 0.478. The zero-order valence-corrected chi connectivity index (χ0v) is 18.3. The Morgan fingerprint density at radius 2 is 1.77 bits per heavy atom. The van der Waals surface area contributed by atoms with E-state index < -0.39 is 5.97 Å². The molecule has 1 aliphatic heterocycles. The van der Waals surface area contributed by atoms with E-state index in [4.69, 9.17) is 23.2 Å². The molecule has 1 aromatic heterocycles. The molecule has 1 saturated heterocycles. The number of carbonyl (C=O) groups is 2. The number of carboxylic acids is 1. The van der Waals surface area contributed by atoms with Gasteiger partial charge in [-0.05, 0) is 74.0 Å². The van der Waals surface area contributed by atoms with E-state index in [1.807, 2.05) is 5.01 Å². The average Bonchev–Trinajstić information content (AvgIpc) is 3.23. The Hall–Kier alpha value is -2.02. The minimum Gasteiger partial charge on any atom is -0.477 e. The lowest BCUT2D eigenvalue weighted by Crippen LogP contribution is -2.58. The van der Waals surface area contributed by atoms with Crippen molar-refractivity contribution >= 4 is 52.1 Å². The summed E-state index contributed by atoms with van der Waals surface area (Å²) in [5, 5.41) is 12.9. The maximum Gasteiger partial charge on any atom is 0.352 e. The zero-order chi connectivity index (χ0) is 21.4. The van der Waals surface area contributed by atoms with E-state index in [0.29, 0.717) is 50.5 Å². The Morgan fingerprint density at radius 1 is 1.10 bits per heavy atom. The molecule has 7 rings (SSSR count). The van der Waals surface area contributed by atoms with Crippen molar-refractivity contribution in [2.24, 2.45) is 23.7 Å². The molecule has 8 heteroatoms. The molecule has 6 nitrogen and oxygen atoms in total. The van der Waals surface area contributed by atoms with Gasteiger partial charge in [-0.15, -0.1) is 0 Å². The first kappa shape index (κ1) is 19.6. The van der Waals surface area contributed by atoms with E-state index in [1.165, 1.54) is 32.1 Å². The molecular formula is C23H23Cl2N3O3. The number of H-pyrrole nitrogens is 1. The summed E-state index contributed by atoms with van der Waals surface area (Å²) in [5.41, 5.74) is 4.84. The molecule has 2 aromatic rings. The quantitative estimate of drug-likeness (QED) is 0.579. The number of aromatic carboxylic acids is 1. The second-order valence-electron chi connectivity index (χ2n) is 9.63. The third-order valence-corrected chi connectivity index (χ3v) is 8.31. The summed E-state index contributed by atoms with van der Waals surface area (Å²) in [4.78, 5) is 28.2. The maximum absolute atomic E-state index is 13.4. The van der Waals surface area contributed by atoms with Crippen LogP contribution in [-0.2, 0) is 4.79 Å². The number of hydrogen-bond acceptors (Lipinski definition) is 3. The maximum atomic E-state index is 13.4. The Labute approximate surface area is 189 Å². The second kappa shape index (κ2) is 6.99. The lowest BCUT2D eigenvalue weighted by Gasteiger charge is -2.56. The molecule has 5 aliphatic rings. The van der Waals surface area contributed by atoms with E-state index in [-0.39, 0.29) is 17.6 Å². The van der Waals surface area contributed by atoms with Crippen molar-refractivity contribution in [1.82, 2.24) is 15.4 Å². The predicted molar refractivity (Wildman–Crippen MR) is 119 cm³/mol. The first-order valence-electron chi connectivity index (χ1n) is 10.9. The first-order chi connectivity index (χ1) is 14.9. The largest absolute Gasteiger partial charge is 0.477 e. The number of aromatic amines is 1. The number of carboxylic acid groups (broad SMARTS) is 1. The topological polar surface area (TPSA) is 85.4 Å². The molecule has 0 radical (unpaired) electrons. The zero-order valence-electron chi connectivity index (χ0n) is 16.8. The van der Waals surface area contributed by atoms with Gasteiger partial charge in [-0.1, -0.05) is 23.2 Å². The summed E-state index contributed by atoms with van der Waals surface area (Å²) < 4.78 is 0. The van der Waals surface area contributed by atoms with Crippen molar-refractivity contribution < 1.29 is 14.7 Å². The molecule has 2 heterocycles. The molecule has 1 amide bonds. The van der Waals surface area contributed by atoms with Crippen molar-refractivity contribution in [3.63, 3.8) is 0 Å². The molecule has 5 fully saturated rings. The van der Waals surface area contributed by atoms with E-state index >= 15 is 0 Å². The van der Waals surface area contributed by atoms with Crippen LogP contribution in [0.2, 0.25) is 10.0 Å². The van der Waals surface area contributed by atoms with Crippen molar-refractivity contribution in [3.05, 3.63) is 39.0 Å². The van der Waals surface area contributed by atoms with Crippen LogP contribution in [0.15, 0.2) is 17.7 Å². The summed E-state index contributed by atoms with van der Waals surface area (Å²) in [7, 11) is 0. The summed E-state index contributed by atoms with van der Waals surface area (Å²) in [5.74, 6) is 1.67. The Kier molecular flexibility index (Phi) is 4.43. The number of hydrogen-bond donors (Lipinski definition) is 3.